The second-order valence-corrected chi connectivity index (χ2v) is 6.52. The molecule has 3 rings (SSSR count). The normalized spacial score (nSPS) is 48.5. The molecule has 6 nitrogen and oxygen atoms in total. The quantitative estimate of drug-likeness (QED) is 0.701. The molecule has 0 radical (unpaired) electrons. The highest BCUT2D eigenvalue weighted by atomic mass is 16.9. The summed E-state index contributed by atoms with van der Waals surface area (Å²) in [7, 11) is 2.74. The van der Waals surface area contributed by atoms with Gasteiger partial charge in [0.2, 0.25) is 0 Å². The summed E-state index contributed by atoms with van der Waals surface area (Å²) in [6, 6.07) is 0. The van der Waals surface area contributed by atoms with Crippen LogP contribution in [0.4, 0.5) is 0 Å². The average Bonchev–Trinajstić information content (AvgIpc) is 2.52. The highest BCUT2D eigenvalue weighted by molar-refractivity contribution is 5.95. The monoisotopic (exact) mass is 284 g/mol. The van der Waals surface area contributed by atoms with Crippen LogP contribution in [0, 0.1) is 16.7 Å². The summed E-state index contributed by atoms with van der Waals surface area (Å²) in [6.07, 6.45) is 0.572. The van der Waals surface area contributed by atoms with Crippen LogP contribution < -0.4 is 0 Å². The van der Waals surface area contributed by atoms with E-state index in [0.29, 0.717) is 6.42 Å². The minimum absolute atomic E-state index is 0.0955. The van der Waals surface area contributed by atoms with Gasteiger partial charge in [0.15, 0.2) is 11.2 Å². The van der Waals surface area contributed by atoms with E-state index in [2.05, 4.69) is 0 Å². The molecule has 4 atom stereocenters. The molecule has 3 aliphatic rings. The molecule has 1 aliphatic carbocycles. The van der Waals surface area contributed by atoms with E-state index in [1.165, 1.54) is 14.2 Å². The second-order valence-electron chi connectivity index (χ2n) is 6.52. The van der Waals surface area contributed by atoms with E-state index in [0.717, 1.165) is 0 Å². The van der Waals surface area contributed by atoms with Crippen molar-refractivity contribution < 1.29 is 28.5 Å². The topological polar surface area (TPSA) is 71.1 Å². The number of ether oxygens (including phenoxy) is 4. The molecule has 0 spiro atoms. The number of rotatable bonds is 2. The first-order valence-electron chi connectivity index (χ1n) is 6.73. The summed E-state index contributed by atoms with van der Waals surface area (Å²) in [5.74, 6) is -2.62. The fourth-order valence-corrected chi connectivity index (χ4v) is 4.46. The van der Waals surface area contributed by atoms with Crippen molar-refractivity contribution >= 4 is 11.8 Å². The zero-order valence-electron chi connectivity index (χ0n) is 12.4. The first-order valence-corrected chi connectivity index (χ1v) is 6.73. The number of ketones is 1. The number of esters is 1. The third kappa shape index (κ3) is 1.07. The third-order valence-electron chi connectivity index (χ3n) is 5.78. The van der Waals surface area contributed by atoms with Crippen LogP contribution in [0.25, 0.3) is 0 Å². The fraction of sp³-hybridized carbons (Fsp3) is 0.857. The lowest BCUT2D eigenvalue weighted by Crippen LogP contribution is -2.75. The van der Waals surface area contributed by atoms with Gasteiger partial charge in [-0.1, -0.05) is 6.92 Å². The Labute approximate surface area is 117 Å². The highest BCUT2D eigenvalue weighted by Gasteiger charge is 2.90. The van der Waals surface area contributed by atoms with Gasteiger partial charge in [0.1, 0.15) is 6.61 Å². The van der Waals surface area contributed by atoms with Crippen molar-refractivity contribution in [3.05, 3.63) is 0 Å². The molecule has 2 saturated heterocycles. The van der Waals surface area contributed by atoms with E-state index in [1.54, 1.807) is 0 Å². The van der Waals surface area contributed by atoms with Crippen molar-refractivity contribution in [3.63, 3.8) is 0 Å². The van der Waals surface area contributed by atoms with Gasteiger partial charge >= 0.3 is 11.9 Å². The number of hydrogen-bond donors (Lipinski definition) is 0. The predicted molar refractivity (Wildman–Crippen MR) is 66.5 cm³/mol. The standard InChI is InChI=1S/C14H20O6/c1-11(2)12(3)6-8-9(15)7-19-14(18-5,20-11)13(8,12)10(16)17-4/h8H,6-7H2,1-5H3. The SMILES string of the molecule is COC(=O)C12C3CC1(C)C(C)(C)OC2(OC)OCC3=O. The van der Waals surface area contributed by atoms with Gasteiger partial charge in [0.25, 0.3) is 0 Å². The molecule has 1 saturated carbocycles. The van der Waals surface area contributed by atoms with Crippen molar-refractivity contribution in [1.29, 1.82) is 0 Å². The van der Waals surface area contributed by atoms with Crippen LogP contribution in [0.1, 0.15) is 27.2 Å². The van der Waals surface area contributed by atoms with E-state index in [1.807, 2.05) is 20.8 Å². The third-order valence-corrected chi connectivity index (χ3v) is 5.78. The molecule has 20 heavy (non-hydrogen) atoms. The zero-order valence-corrected chi connectivity index (χ0v) is 12.4. The van der Waals surface area contributed by atoms with Crippen LogP contribution in [-0.2, 0) is 28.5 Å². The molecule has 6 heteroatoms. The second kappa shape index (κ2) is 3.61. The first-order chi connectivity index (χ1) is 9.22. The maximum atomic E-state index is 12.6. The Hall–Kier alpha value is -0.980. The number of methoxy groups -OCH3 is 2. The van der Waals surface area contributed by atoms with Crippen molar-refractivity contribution in [1.82, 2.24) is 0 Å². The van der Waals surface area contributed by atoms with E-state index in [4.69, 9.17) is 18.9 Å². The molecule has 0 aromatic heterocycles. The highest BCUT2D eigenvalue weighted by Crippen LogP contribution is 2.78. The molecular formula is C14H20O6. The lowest BCUT2D eigenvalue weighted by molar-refractivity contribution is -0.420. The summed E-state index contributed by atoms with van der Waals surface area (Å²) in [6.45, 7) is 5.61. The van der Waals surface area contributed by atoms with Gasteiger partial charge in [-0.25, -0.2) is 0 Å². The number of hydrogen-bond acceptors (Lipinski definition) is 6. The molecule has 2 aliphatic heterocycles. The Kier molecular flexibility index (Phi) is 2.52. The lowest BCUT2D eigenvalue weighted by Gasteiger charge is -2.62. The Morgan fingerprint density at radius 1 is 1.30 bits per heavy atom. The molecule has 0 aromatic rings. The number of carbonyl (C=O) groups is 2. The summed E-state index contributed by atoms with van der Waals surface area (Å²) in [4.78, 5) is 24.8. The smallest absolute Gasteiger partial charge is 0.321 e. The van der Waals surface area contributed by atoms with Gasteiger partial charge < -0.3 is 18.9 Å². The van der Waals surface area contributed by atoms with Gasteiger partial charge in [0.05, 0.1) is 12.7 Å². The van der Waals surface area contributed by atoms with Gasteiger partial charge in [-0.15, -0.1) is 0 Å². The molecule has 0 N–H and O–H groups in total. The molecule has 3 fully saturated rings. The summed E-state index contributed by atoms with van der Waals surface area (Å²) in [5.41, 5.74) is -2.48. The van der Waals surface area contributed by atoms with Crippen LogP contribution in [-0.4, -0.2) is 44.2 Å². The Morgan fingerprint density at radius 2 is 1.95 bits per heavy atom. The maximum absolute atomic E-state index is 12.6. The Morgan fingerprint density at radius 3 is 2.50 bits per heavy atom. The molecular weight excluding hydrogens is 264 g/mol. The molecule has 0 aromatic carbocycles. The Bertz CT molecular complexity index is 500. The van der Waals surface area contributed by atoms with E-state index >= 15 is 0 Å². The van der Waals surface area contributed by atoms with Gasteiger partial charge in [-0.3, -0.25) is 9.59 Å². The van der Waals surface area contributed by atoms with Crippen molar-refractivity contribution in [3.8, 4) is 0 Å². The van der Waals surface area contributed by atoms with Crippen molar-refractivity contribution in [2.45, 2.75) is 38.8 Å². The van der Waals surface area contributed by atoms with Crippen LogP contribution >= 0.6 is 0 Å². The minimum Gasteiger partial charge on any atom is -0.468 e. The zero-order chi connectivity index (χ0) is 15.0. The maximum Gasteiger partial charge on any atom is 0.321 e. The summed E-state index contributed by atoms with van der Waals surface area (Å²) < 4.78 is 22.1. The molecule has 4 unspecified atom stereocenters. The van der Waals surface area contributed by atoms with Crippen LogP contribution in [0.15, 0.2) is 0 Å². The summed E-state index contributed by atoms with van der Waals surface area (Å²) >= 11 is 0. The average molecular weight is 284 g/mol. The van der Waals surface area contributed by atoms with Crippen LogP contribution in [0.3, 0.4) is 0 Å². The molecule has 2 heterocycles. The number of carbonyl (C=O) groups excluding carboxylic acids is 2. The van der Waals surface area contributed by atoms with Gasteiger partial charge in [-0.2, -0.15) is 0 Å². The van der Waals surface area contributed by atoms with Gasteiger partial charge in [0, 0.05) is 18.4 Å². The molecule has 112 valence electrons. The van der Waals surface area contributed by atoms with E-state index in [-0.39, 0.29) is 12.4 Å². The Balaban J connectivity index is 2.26. The largest absolute Gasteiger partial charge is 0.468 e. The van der Waals surface area contributed by atoms with E-state index in [9.17, 15) is 9.59 Å². The van der Waals surface area contributed by atoms with E-state index < -0.39 is 34.3 Å². The van der Waals surface area contributed by atoms with Crippen molar-refractivity contribution in [2.24, 2.45) is 16.7 Å². The van der Waals surface area contributed by atoms with Crippen molar-refractivity contribution in [2.75, 3.05) is 20.8 Å². The lowest BCUT2D eigenvalue weighted by atomic mass is 9.39. The predicted octanol–water partition coefficient (Wildman–Crippen LogP) is 0.880. The number of Topliss-reactive ketones (excluding diaryl/α,β-unsaturated/α-hetero) is 1. The molecule has 0 amide bonds. The van der Waals surface area contributed by atoms with Crippen LogP contribution in [0.2, 0.25) is 0 Å². The summed E-state index contributed by atoms with van der Waals surface area (Å²) in [5, 5.41) is 0. The fourth-order valence-electron chi connectivity index (χ4n) is 4.46. The van der Waals surface area contributed by atoms with Crippen LogP contribution in [0.5, 0.6) is 0 Å². The van der Waals surface area contributed by atoms with Gasteiger partial charge in [-0.05, 0) is 20.3 Å². The molecule has 0 bridgehead atoms. The first kappa shape index (κ1) is 14.0. The minimum atomic E-state index is -1.55.